The second-order valence-electron chi connectivity index (χ2n) is 19.3. The molecule has 3 heteroatoms. The van der Waals surface area contributed by atoms with Crippen molar-refractivity contribution in [3.05, 3.63) is 297 Å². The molecule has 0 saturated heterocycles. The Labute approximate surface area is 436 Å². The van der Waals surface area contributed by atoms with Gasteiger partial charge in [-0.05, 0) is 153 Å². The number of rotatable bonds is 10. The molecule has 0 unspecified atom stereocenters. The molecule has 0 atom stereocenters. The molecule has 3 nitrogen and oxygen atoms in total. The van der Waals surface area contributed by atoms with Crippen LogP contribution in [-0.4, -0.2) is 9.13 Å². The molecule has 75 heavy (non-hydrogen) atoms. The molecule has 2 aromatic heterocycles. The summed E-state index contributed by atoms with van der Waals surface area (Å²) in [5, 5.41) is 5.05. The number of hydrogen-bond donors (Lipinski definition) is 0. The van der Waals surface area contributed by atoms with Crippen molar-refractivity contribution in [3.63, 3.8) is 0 Å². The van der Waals surface area contributed by atoms with Gasteiger partial charge in [-0.25, -0.2) is 0 Å². The summed E-state index contributed by atoms with van der Waals surface area (Å²) in [6, 6.07) is 108. The van der Waals surface area contributed by atoms with Crippen molar-refractivity contribution in [2.45, 2.75) is 0 Å². The number of fused-ring (bicyclic) bond motifs is 6. The van der Waals surface area contributed by atoms with Crippen LogP contribution in [0.25, 0.3) is 111 Å². The van der Waals surface area contributed by atoms with Crippen LogP contribution >= 0.6 is 0 Å². The molecular formula is C72H49N3. The molecule has 0 radical (unpaired) electrons. The van der Waals surface area contributed by atoms with Crippen LogP contribution < -0.4 is 4.90 Å². The van der Waals surface area contributed by atoms with E-state index in [0.717, 1.165) is 39.6 Å². The molecule has 0 amide bonds. The van der Waals surface area contributed by atoms with Gasteiger partial charge in [0.15, 0.2) is 0 Å². The van der Waals surface area contributed by atoms with E-state index in [0.29, 0.717) is 0 Å². The summed E-state index contributed by atoms with van der Waals surface area (Å²) in [6.07, 6.45) is 0. The number of aromatic nitrogens is 2. The Bertz CT molecular complexity index is 4280. The number of anilines is 3. The minimum atomic E-state index is 1.08. The predicted molar refractivity (Wildman–Crippen MR) is 317 cm³/mol. The van der Waals surface area contributed by atoms with Crippen LogP contribution in [0.5, 0.6) is 0 Å². The zero-order valence-electron chi connectivity index (χ0n) is 41.1. The van der Waals surface area contributed by atoms with E-state index in [1.54, 1.807) is 0 Å². The maximum atomic E-state index is 2.39. The Morgan fingerprint density at radius 3 is 0.800 bits per heavy atom. The highest BCUT2D eigenvalue weighted by Crippen LogP contribution is 2.40. The first-order valence-corrected chi connectivity index (χ1v) is 25.7. The number of para-hydroxylation sites is 4. The SMILES string of the molecule is c1ccc(-c2cccc(-c3ccc(N(c4ccc(-c5cccc(-c6cccc(-n7c8ccccc8c8ccccc87)c6)c5)cc4)c4ccc(-c5cccc(-n6c7ccccc7c7ccccc76)c5)cc4)cc3)c2)cc1. The highest BCUT2D eigenvalue weighted by molar-refractivity contribution is 6.10. The molecular weight excluding hydrogens is 907 g/mol. The summed E-state index contributed by atoms with van der Waals surface area (Å²) < 4.78 is 4.77. The summed E-state index contributed by atoms with van der Waals surface area (Å²) in [5.41, 5.74) is 22.1. The van der Waals surface area contributed by atoms with E-state index in [1.165, 1.54) is 88.1 Å². The summed E-state index contributed by atoms with van der Waals surface area (Å²) in [4.78, 5) is 2.36. The first kappa shape index (κ1) is 43.8. The lowest BCUT2D eigenvalue weighted by atomic mass is 9.98. The van der Waals surface area contributed by atoms with E-state index in [2.05, 4.69) is 311 Å². The third-order valence-corrected chi connectivity index (χ3v) is 14.9. The van der Waals surface area contributed by atoms with Gasteiger partial charge in [-0.3, -0.25) is 0 Å². The molecule has 0 N–H and O–H groups in total. The monoisotopic (exact) mass is 955 g/mol. The van der Waals surface area contributed by atoms with Gasteiger partial charge in [0.1, 0.15) is 0 Å². The molecule has 0 spiro atoms. The van der Waals surface area contributed by atoms with Crippen molar-refractivity contribution < 1.29 is 0 Å². The average molecular weight is 956 g/mol. The topological polar surface area (TPSA) is 13.1 Å². The minimum Gasteiger partial charge on any atom is -0.311 e. The van der Waals surface area contributed by atoms with Gasteiger partial charge in [-0.15, -0.1) is 0 Å². The van der Waals surface area contributed by atoms with Crippen molar-refractivity contribution in [3.8, 4) is 67.0 Å². The highest BCUT2D eigenvalue weighted by Gasteiger charge is 2.17. The van der Waals surface area contributed by atoms with Crippen molar-refractivity contribution in [2.75, 3.05) is 4.90 Å². The van der Waals surface area contributed by atoms with Crippen LogP contribution in [-0.2, 0) is 0 Å². The smallest absolute Gasteiger partial charge is 0.0541 e. The number of benzene rings is 12. The van der Waals surface area contributed by atoms with Gasteiger partial charge >= 0.3 is 0 Å². The van der Waals surface area contributed by atoms with Crippen LogP contribution in [0.1, 0.15) is 0 Å². The molecule has 14 aromatic rings. The van der Waals surface area contributed by atoms with Crippen molar-refractivity contribution >= 4 is 60.7 Å². The molecule has 352 valence electrons. The predicted octanol–water partition coefficient (Wildman–Crippen LogP) is 19.7. The first-order chi connectivity index (χ1) is 37.2. The standard InChI is InChI=1S/C72H49N3/c1-2-16-50(17-3-1)54-18-12-19-55(46-54)51-34-40-60(41-35-51)73(62-44-38-53(39-45-62)58-22-14-24-63(48-58)74-69-30-8-4-26-65(69)66-27-5-9-31-70(66)74)61-42-36-52(37-43-61)56-20-13-21-57(47-56)59-23-15-25-64(49-59)75-71-32-10-6-28-67(71)68-29-7-11-33-72(68)75/h1-49H. The van der Waals surface area contributed by atoms with Gasteiger partial charge in [0.05, 0.1) is 22.1 Å². The molecule has 0 aliphatic heterocycles. The Kier molecular flexibility index (Phi) is 10.8. The maximum absolute atomic E-state index is 2.39. The number of hydrogen-bond acceptors (Lipinski definition) is 1. The molecule has 12 aromatic carbocycles. The molecule has 0 aliphatic rings. The van der Waals surface area contributed by atoms with Crippen LogP contribution in [0.2, 0.25) is 0 Å². The zero-order valence-corrected chi connectivity index (χ0v) is 41.1. The molecule has 0 aliphatic carbocycles. The molecule has 0 fully saturated rings. The summed E-state index contributed by atoms with van der Waals surface area (Å²) in [6.45, 7) is 0. The van der Waals surface area contributed by atoms with Crippen LogP contribution in [0.15, 0.2) is 297 Å². The summed E-state index contributed by atoms with van der Waals surface area (Å²) in [5.74, 6) is 0. The third-order valence-electron chi connectivity index (χ3n) is 14.9. The third kappa shape index (κ3) is 7.95. The lowest BCUT2D eigenvalue weighted by Gasteiger charge is -2.26. The second kappa shape index (κ2) is 18.6. The van der Waals surface area contributed by atoms with Gasteiger partial charge in [0, 0.05) is 50.0 Å². The van der Waals surface area contributed by atoms with E-state index in [1.807, 2.05) is 0 Å². The van der Waals surface area contributed by atoms with E-state index in [4.69, 9.17) is 0 Å². The fourth-order valence-electron chi connectivity index (χ4n) is 11.3. The van der Waals surface area contributed by atoms with Gasteiger partial charge in [-0.1, -0.05) is 200 Å². The van der Waals surface area contributed by atoms with Gasteiger partial charge in [-0.2, -0.15) is 0 Å². The Morgan fingerprint density at radius 1 is 0.187 bits per heavy atom. The van der Waals surface area contributed by atoms with Crippen LogP contribution in [0.3, 0.4) is 0 Å². The Morgan fingerprint density at radius 2 is 0.440 bits per heavy atom. The quantitative estimate of drug-likeness (QED) is 0.133. The van der Waals surface area contributed by atoms with E-state index < -0.39 is 0 Å². The molecule has 0 bridgehead atoms. The average Bonchev–Trinajstić information content (AvgIpc) is 4.01. The molecule has 14 rings (SSSR count). The van der Waals surface area contributed by atoms with Crippen LogP contribution in [0.4, 0.5) is 17.1 Å². The largest absolute Gasteiger partial charge is 0.311 e. The summed E-state index contributed by atoms with van der Waals surface area (Å²) >= 11 is 0. The molecule has 0 saturated carbocycles. The molecule has 2 heterocycles. The maximum Gasteiger partial charge on any atom is 0.0541 e. The fraction of sp³-hybridized carbons (Fsp3) is 0. The fourth-order valence-corrected chi connectivity index (χ4v) is 11.3. The van der Waals surface area contributed by atoms with E-state index in [9.17, 15) is 0 Å². The number of nitrogens with zero attached hydrogens (tertiary/aromatic N) is 3. The summed E-state index contributed by atoms with van der Waals surface area (Å²) in [7, 11) is 0. The van der Waals surface area contributed by atoms with Crippen molar-refractivity contribution in [1.29, 1.82) is 0 Å². The Hall–Kier alpha value is -9.96. The van der Waals surface area contributed by atoms with E-state index >= 15 is 0 Å². The lowest BCUT2D eigenvalue weighted by molar-refractivity contribution is 1.18. The van der Waals surface area contributed by atoms with Crippen molar-refractivity contribution in [2.24, 2.45) is 0 Å². The second-order valence-corrected chi connectivity index (χ2v) is 19.3. The first-order valence-electron chi connectivity index (χ1n) is 25.7. The highest BCUT2D eigenvalue weighted by atomic mass is 15.1. The zero-order chi connectivity index (χ0) is 49.7. The van der Waals surface area contributed by atoms with Gasteiger partial charge in [0.2, 0.25) is 0 Å². The van der Waals surface area contributed by atoms with Crippen LogP contribution in [0, 0.1) is 0 Å². The van der Waals surface area contributed by atoms with Gasteiger partial charge in [0.25, 0.3) is 0 Å². The lowest BCUT2D eigenvalue weighted by Crippen LogP contribution is -2.09. The van der Waals surface area contributed by atoms with Gasteiger partial charge < -0.3 is 14.0 Å². The van der Waals surface area contributed by atoms with Crippen molar-refractivity contribution in [1.82, 2.24) is 9.13 Å². The minimum absolute atomic E-state index is 1.08. The normalized spacial score (nSPS) is 11.5. The Balaban J connectivity index is 0.805. The van der Waals surface area contributed by atoms with E-state index in [-0.39, 0.29) is 0 Å².